The molecular formula is C36H42N6O. The summed E-state index contributed by atoms with van der Waals surface area (Å²) in [6.45, 7) is 12.5. The highest BCUT2D eigenvalue weighted by Crippen LogP contribution is 2.42. The van der Waals surface area contributed by atoms with Gasteiger partial charge in [-0.3, -0.25) is 4.90 Å². The zero-order valence-electron chi connectivity index (χ0n) is 25.3. The van der Waals surface area contributed by atoms with Crippen LogP contribution in [0.1, 0.15) is 12.8 Å². The SMILES string of the molecule is CN1CCN(c2ccc(-c3ccc4c5c6c(nc4c3)c3ccccc3n6CCCN5CCCN3CCOCC3)cc2)CC1. The standard InChI is InChI=1S/C36H42N6O/c1-38-18-20-40(21-19-38)29-11-8-27(9-12-29)28-10-13-30-32(26-28)37-34-31-6-2-3-7-33(31)42-17-5-16-41(35(30)36(34)42)15-4-14-39-22-24-43-25-23-39/h2-3,6-13,26H,4-5,14-25H2,1H3. The lowest BCUT2D eigenvalue weighted by Crippen LogP contribution is -2.44. The molecule has 0 saturated carbocycles. The molecule has 2 aromatic heterocycles. The quantitative estimate of drug-likeness (QED) is 0.259. The van der Waals surface area contributed by atoms with E-state index in [2.05, 4.69) is 97.9 Å². The fourth-order valence-electron chi connectivity index (χ4n) is 7.44. The lowest BCUT2D eigenvalue weighted by Gasteiger charge is -2.34. The molecule has 0 atom stereocenters. The number of anilines is 2. The number of likely N-dealkylation sites (N-methyl/N-ethyl adjacent to an activating group) is 1. The van der Waals surface area contributed by atoms with Crippen LogP contribution in [0, 0.1) is 0 Å². The minimum Gasteiger partial charge on any atom is -0.379 e. The zero-order chi connectivity index (χ0) is 28.8. The summed E-state index contributed by atoms with van der Waals surface area (Å²) in [4.78, 5) is 15.5. The van der Waals surface area contributed by atoms with Crippen LogP contribution in [-0.2, 0) is 11.3 Å². The normalized spacial score (nSPS) is 18.6. The topological polar surface area (TPSA) is 40.0 Å². The molecule has 0 bridgehead atoms. The van der Waals surface area contributed by atoms with Crippen molar-refractivity contribution in [2.24, 2.45) is 0 Å². The molecule has 2 fully saturated rings. The molecule has 8 rings (SSSR count). The molecule has 3 aliphatic rings. The van der Waals surface area contributed by atoms with Crippen molar-refractivity contribution in [2.45, 2.75) is 19.4 Å². The van der Waals surface area contributed by atoms with Gasteiger partial charge in [0.2, 0.25) is 0 Å². The molecule has 0 unspecified atom stereocenters. The fourth-order valence-corrected chi connectivity index (χ4v) is 7.44. The van der Waals surface area contributed by atoms with E-state index in [1.807, 2.05) is 0 Å². The number of aromatic nitrogens is 2. The number of pyridine rings is 1. The number of nitrogens with zero attached hydrogens (tertiary/aromatic N) is 6. The van der Waals surface area contributed by atoms with Crippen molar-refractivity contribution in [1.29, 1.82) is 0 Å². The molecule has 0 amide bonds. The third-order valence-electron chi connectivity index (χ3n) is 9.85. The van der Waals surface area contributed by atoms with E-state index < -0.39 is 0 Å². The molecule has 2 saturated heterocycles. The van der Waals surface area contributed by atoms with Crippen molar-refractivity contribution >= 4 is 44.2 Å². The fraction of sp³-hybridized carbons (Fsp3) is 0.417. The Labute approximate surface area is 254 Å². The highest BCUT2D eigenvalue weighted by Gasteiger charge is 2.25. The number of para-hydroxylation sites is 1. The number of hydrogen-bond acceptors (Lipinski definition) is 6. The zero-order valence-corrected chi connectivity index (χ0v) is 25.3. The number of ether oxygens (including phenoxy) is 1. The first kappa shape index (κ1) is 26.9. The minimum atomic E-state index is 0.861. The molecule has 7 nitrogen and oxygen atoms in total. The number of aryl methyl sites for hydroxylation is 1. The molecular weight excluding hydrogens is 532 g/mol. The Balaban J connectivity index is 1.18. The van der Waals surface area contributed by atoms with Crippen LogP contribution in [0.15, 0.2) is 66.7 Å². The first-order valence-corrected chi connectivity index (χ1v) is 16.2. The maximum atomic E-state index is 5.58. The second-order valence-corrected chi connectivity index (χ2v) is 12.5. The number of piperazine rings is 1. The Morgan fingerprint density at radius 2 is 1.53 bits per heavy atom. The number of rotatable bonds is 6. The van der Waals surface area contributed by atoms with Crippen LogP contribution < -0.4 is 9.80 Å². The molecule has 0 aliphatic carbocycles. The molecule has 3 aromatic carbocycles. The van der Waals surface area contributed by atoms with Crippen LogP contribution in [0.5, 0.6) is 0 Å². The van der Waals surface area contributed by atoms with E-state index >= 15 is 0 Å². The monoisotopic (exact) mass is 574 g/mol. The van der Waals surface area contributed by atoms with Crippen LogP contribution >= 0.6 is 0 Å². The third-order valence-corrected chi connectivity index (χ3v) is 9.85. The van der Waals surface area contributed by atoms with E-state index in [9.17, 15) is 0 Å². The maximum Gasteiger partial charge on any atom is 0.0988 e. The third kappa shape index (κ3) is 5.03. The summed E-state index contributed by atoms with van der Waals surface area (Å²) < 4.78 is 8.12. The summed E-state index contributed by atoms with van der Waals surface area (Å²) in [5.74, 6) is 0. The van der Waals surface area contributed by atoms with Gasteiger partial charge in [0, 0.05) is 81.9 Å². The molecule has 7 heteroatoms. The molecule has 3 aliphatic heterocycles. The Morgan fingerprint density at radius 1 is 0.744 bits per heavy atom. The van der Waals surface area contributed by atoms with Gasteiger partial charge in [-0.2, -0.15) is 0 Å². The van der Waals surface area contributed by atoms with Gasteiger partial charge in [-0.25, -0.2) is 4.98 Å². The highest BCUT2D eigenvalue weighted by atomic mass is 16.5. The summed E-state index contributed by atoms with van der Waals surface area (Å²) in [6, 6.07) is 25.0. The van der Waals surface area contributed by atoms with Gasteiger partial charge in [0.05, 0.1) is 41.0 Å². The molecule has 0 N–H and O–H groups in total. The summed E-state index contributed by atoms with van der Waals surface area (Å²) in [6.07, 6.45) is 2.29. The van der Waals surface area contributed by atoms with Crippen LogP contribution in [0.2, 0.25) is 0 Å². The van der Waals surface area contributed by atoms with E-state index in [-0.39, 0.29) is 0 Å². The van der Waals surface area contributed by atoms with Gasteiger partial charge in [0.15, 0.2) is 0 Å². The first-order chi connectivity index (χ1) is 21.2. The summed E-state index contributed by atoms with van der Waals surface area (Å²) >= 11 is 0. The Hall–Kier alpha value is -3.65. The largest absolute Gasteiger partial charge is 0.379 e. The van der Waals surface area contributed by atoms with Crippen molar-refractivity contribution in [3.05, 3.63) is 66.7 Å². The summed E-state index contributed by atoms with van der Waals surface area (Å²) in [5.41, 5.74) is 10.0. The Morgan fingerprint density at radius 3 is 2.37 bits per heavy atom. The Kier molecular flexibility index (Phi) is 7.17. The molecule has 222 valence electrons. The van der Waals surface area contributed by atoms with Crippen molar-refractivity contribution < 1.29 is 4.74 Å². The van der Waals surface area contributed by atoms with Crippen molar-refractivity contribution in [3.63, 3.8) is 0 Å². The van der Waals surface area contributed by atoms with Gasteiger partial charge in [-0.15, -0.1) is 0 Å². The molecule has 5 heterocycles. The first-order valence-electron chi connectivity index (χ1n) is 16.2. The van der Waals surface area contributed by atoms with E-state index in [4.69, 9.17) is 9.72 Å². The van der Waals surface area contributed by atoms with E-state index in [1.165, 1.54) is 44.3 Å². The van der Waals surface area contributed by atoms with Crippen LogP contribution in [0.4, 0.5) is 11.4 Å². The molecule has 43 heavy (non-hydrogen) atoms. The van der Waals surface area contributed by atoms with Gasteiger partial charge in [-0.1, -0.05) is 42.5 Å². The van der Waals surface area contributed by atoms with Crippen molar-refractivity contribution in [1.82, 2.24) is 19.4 Å². The number of benzene rings is 3. The van der Waals surface area contributed by atoms with Gasteiger partial charge in [0.1, 0.15) is 0 Å². The number of morpholine rings is 1. The van der Waals surface area contributed by atoms with Crippen molar-refractivity contribution in [3.8, 4) is 11.1 Å². The molecule has 0 spiro atoms. The average Bonchev–Trinajstić information content (AvgIpc) is 3.23. The number of hydrogen-bond donors (Lipinski definition) is 0. The van der Waals surface area contributed by atoms with E-state index in [1.54, 1.807) is 0 Å². The second-order valence-electron chi connectivity index (χ2n) is 12.5. The second kappa shape index (κ2) is 11.5. The van der Waals surface area contributed by atoms with Gasteiger partial charge >= 0.3 is 0 Å². The number of fused-ring (bicyclic) bond motifs is 5. The smallest absolute Gasteiger partial charge is 0.0988 e. The molecule has 5 aromatic rings. The van der Waals surface area contributed by atoms with Crippen molar-refractivity contribution in [2.75, 3.05) is 89.0 Å². The van der Waals surface area contributed by atoms with Crippen LogP contribution in [0.25, 0.3) is 44.0 Å². The lowest BCUT2D eigenvalue weighted by molar-refractivity contribution is 0.0376. The predicted molar refractivity (Wildman–Crippen MR) is 179 cm³/mol. The lowest BCUT2D eigenvalue weighted by atomic mass is 10.0. The molecule has 0 radical (unpaired) electrons. The van der Waals surface area contributed by atoms with Gasteiger partial charge in [-0.05, 0) is 55.3 Å². The average molecular weight is 575 g/mol. The van der Waals surface area contributed by atoms with Gasteiger partial charge in [0.25, 0.3) is 0 Å². The van der Waals surface area contributed by atoms with Crippen LogP contribution in [0.3, 0.4) is 0 Å². The van der Waals surface area contributed by atoms with E-state index in [0.717, 1.165) is 103 Å². The predicted octanol–water partition coefficient (Wildman–Crippen LogP) is 5.69. The summed E-state index contributed by atoms with van der Waals surface area (Å²) in [5, 5.41) is 2.53. The highest BCUT2D eigenvalue weighted by molar-refractivity contribution is 6.17. The van der Waals surface area contributed by atoms with Gasteiger partial charge < -0.3 is 24.0 Å². The van der Waals surface area contributed by atoms with E-state index in [0.29, 0.717) is 0 Å². The summed E-state index contributed by atoms with van der Waals surface area (Å²) in [7, 11) is 2.21. The minimum absolute atomic E-state index is 0.861. The maximum absolute atomic E-state index is 5.58. The van der Waals surface area contributed by atoms with Crippen LogP contribution in [-0.4, -0.2) is 98.5 Å². The Bertz CT molecular complexity index is 1750.